The molecular weight excluding hydrogens is 409 g/mol. The Morgan fingerprint density at radius 2 is 2.19 bits per heavy atom. The number of carbonyl (C=O) groups excluding carboxylic acids is 2. The zero-order valence-electron chi connectivity index (χ0n) is 16.6. The van der Waals surface area contributed by atoms with Gasteiger partial charge in [-0.3, -0.25) is 9.88 Å². The van der Waals surface area contributed by atoms with Crippen LogP contribution in [0, 0.1) is 5.82 Å². The number of carbonyl (C=O) groups is 2. The van der Waals surface area contributed by atoms with E-state index in [9.17, 15) is 14.0 Å². The van der Waals surface area contributed by atoms with Gasteiger partial charge in [-0.25, -0.2) is 14.0 Å². The lowest BCUT2D eigenvalue weighted by molar-refractivity contribution is -0.359. The molecule has 31 heavy (non-hydrogen) atoms. The summed E-state index contributed by atoms with van der Waals surface area (Å²) in [6.45, 7) is 0.0569. The predicted molar refractivity (Wildman–Crippen MR) is 104 cm³/mol. The van der Waals surface area contributed by atoms with E-state index >= 15 is 0 Å². The normalized spacial score (nSPS) is 15.8. The monoisotopic (exact) mass is 428 g/mol. The Hall–Kier alpha value is -3.93. The number of rotatable bonds is 6. The topological polar surface area (TPSA) is 140 Å². The third-order valence-electron chi connectivity index (χ3n) is 4.58. The Labute approximate surface area is 175 Å². The van der Waals surface area contributed by atoms with Crippen LogP contribution in [-0.2, 0) is 21.3 Å². The number of pyridine rings is 1. The third kappa shape index (κ3) is 4.33. The molecule has 1 saturated heterocycles. The molecule has 0 bridgehead atoms. The van der Waals surface area contributed by atoms with Crippen molar-refractivity contribution in [3.8, 4) is 22.6 Å². The van der Waals surface area contributed by atoms with Gasteiger partial charge in [-0.2, -0.15) is 4.80 Å². The number of amides is 1. The molecule has 12 heteroatoms. The van der Waals surface area contributed by atoms with E-state index in [1.54, 1.807) is 31.3 Å². The molecule has 3 N–H and O–H groups in total. The van der Waals surface area contributed by atoms with Crippen molar-refractivity contribution in [2.24, 2.45) is 7.05 Å². The Kier molecular flexibility index (Phi) is 5.54. The molecule has 160 valence electrons. The number of halogens is 1. The minimum absolute atomic E-state index is 0.0118. The van der Waals surface area contributed by atoms with Crippen LogP contribution >= 0.6 is 0 Å². The van der Waals surface area contributed by atoms with Gasteiger partial charge in [0.25, 0.3) is 0 Å². The van der Waals surface area contributed by atoms with Crippen LogP contribution in [0.4, 0.5) is 14.9 Å². The second-order valence-electron chi connectivity index (χ2n) is 6.75. The number of hydrogen-bond acceptors (Lipinski definition) is 8. The predicted octanol–water partition coefficient (Wildman–Crippen LogP) is 0.189. The second kappa shape index (κ2) is 8.44. The van der Waals surface area contributed by atoms with Crippen molar-refractivity contribution < 1.29 is 29.2 Å². The van der Waals surface area contributed by atoms with E-state index in [0.717, 1.165) is 0 Å². The molecule has 0 radical (unpaired) electrons. The molecule has 1 aromatic carbocycles. The van der Waals surface area contributed by atoms with Gasteiger partial charge < -0.3 is 15.2 Å². The lowest BCUT2D eigenvalue weighted by Gasteiger charge is -2.14. The van der Waals surface area contributed by atoms with E-state index in [-0.39, 0.29) is 19.7 Å². The van der Waals surface area contributed by atoms with Gasteiger partial charge in [-0.1, -0.05) is 6.07 Å². The zero-order valence-corrected chi connectivity index (χ0v) is 16.6. The number of ether oxygens (including phenoxy) is 2. The van der Waals surface area contributed by atoms with Crippen LogP contribution in [0.25, 0.3) is 22.6 Å². The average Bonchev–Trinajstić information content (AvgIpc) is 3.37. The van der Waals surface area contributed by atoms with E-state index in [0.29, 0.717) is 28.3 Å². The van der Waals surface area contributed by atoms with Crippen LogP contribution in [0.2, 0.25) is 0 Å². The third-order valence-corrected chi connectivity index (χ3v) is 4.58. The Balaban J connectivity index is 1.48. The highest BCUT2D eigenvalue weighted by atomic mass is 19.1. The summed E-state index contributed by atoms with van der Waals surface area (Å²) in [5, 5.41) is 11.7. The minimum Gasteiger partial charge on any atom is -0.458 e. The van der Waals surface area contributed by atoms with Crippen molar-refractivity contribution in [2.75, 3.05) is 24.6 Å². The maximum atomic E-state index is 14.8. The van der Waals surface area contributed by atoms with Crippen molar-refractivity contribution in [3.63, 3.8) is 0 Å². The quantitative estimate of drug-likeness (QED) is 0.549. The SMILES string of the molecule is Cn1nnc(-c2ccc(-c3ccc(N4CC(COC(=O)C[NH3+])OC4=O)cc3F)cn2)n1. The molecule has 0 spiro atoms. The molecule has 4 rings (SSSR count). The second-order valence-corrected chi connectivity index (χ2v) is 6.75. The number of cyclic esters (lactones) is 1. The molecule has 3 aromatic rings. The van der Waals surface area contributed by atoms with Crippen LogP contribution < -0.4 is 10.6 Å². The summed E-state index contributed by atoms with van der Waals surface area (Å²) in [4.78, 5) is 30.2. The number of tetrazole rings is 1. The zero-order chi connectivity index (χ0) is 22.0. The van der Waals surface area contributed by atoms with Gasteiger partial charge in [0.2, 0.25) is 5.82 Å². The van der Waals surface area contributed by atoms with E-state index < -0.39 is 24.0 Å². The highest BCUT2D eigenvalue weighted by Crippen LogP contribution is 2.29. The molecule has 1 unspecified atom stereocenters. The minimum atomic E-state index is -0.634. The molecule has 0 saturated carbocycles. The summed E-state index contributed by atoms with van der Waals surface area (Å²) >= 11 is 0. The first-order valence-electron chi connectivity index (χ1n) is 9.38. The van der Waals surface area contributed by atoms with E-state index in [1.165, 1.54) is 22.0 Å². The fourth-order valence-electron chi connectivity index (χ4n) is 3.06. The molecule has 11 nitrogen and oxygen atoms in total. The van der Waals surface area contributed by atoms with Gasteiger partial charge >= 0.3 is 12.1 Å². The lowest BCUT2D eigenvalue weighted by Crippen LogP contribution is -2.54. The van der Waals surface area contributed by atoms with Crippen LogP contribution in [-0.4, -0.2) is 63.1 Å². The number of esters is 1. The Bertz CT molecular complexity index is 1120. The van der Waals surface area contributed by atoms with Gasteiger partial charge in [-0.15, -0.1) is 10.2 Å². The fourth-order valence-corrected chi connectivity index (χ4v) is 3.06. The number of aryl methyl sites for hydroxylation is 1. The number of benzene rings is 1. The van der Waals surface area contributed by atoms with Crippen molar-refractivity contribution in [3.05, 3.63) is 42.3 Å². The molecular formula is C19H19FN7O4+. The largest absolute Gasteiger partial charge is 0.458 e. The van der Waals surface area contributed by atoms with Gasteiger partial charge in [0.05, 0.1) is 19.3 Å². The molecule has 1 aliphatic rings. The average molecular weight is 428 g/mol. The van der Waals surface area contributed by atoms with E-state index in [2.05, 4.69) is 26.1 Å². The molecule has 3 heterocycles. The summed E-state index contributed by atoms with van der Waals surface area (Å²) in [6.07, 6.45) is 0.253. The molecule has 1 fully saturated rings. The summed E-state index contributed by atoms with van der Waals surface area (Å²) in [6, 6.07) is 7.80. The molecule has 0 aliphatic carbocycles. The maximum Gasteiger partial charge on any atom is 0.414 e. The first-order chi connectivity index (χ1) is 14.9. The smallest absolute Gasteiger partial charge is 0.414 e. The van der Waals surface area contributed by atoms with Crippen LogP contribution in [0.15, 0.2) is 36.5 Å². The lowest BCUT2D eigenvalue weighted by atomic mass is 10.1. The van der Waals surface area contributed by atoms with Gasteiger partial charge in [0, 0.05) is 17.3 Å². The van der Waals surface area contributed by atoms with Crippen LogP contribution in [0.3, 0.4) is 0 Å². The highest BCUT2D eigenvalue weighted by Gasteiger charge is 2.33. The van der Waals surface area contributed by atoms with Gasteiger partial charge in [0.15, 0.2) is 12.6 Å². The van der Waals surface area contributed by atoms with Crippen LogP contribution in [0.1, 0.15) is 0 Å². The first kappa shape index (κ1) is 20.3. The van der Waals surface area contributed by atoms with Crippen molar-refractivity contribution in [1.29, 1.82) is 0 Å². The molecule has 1 aliphatic heterocycles. The van der Waals surface area contributed by atoms with Crippen molar-refractivity contribution in [2.45, 2.75) is 6.10 Å². The van der Waals surface area contributed by atoms with Gasteiger partial charge in [0.1, 0.15) is 18.1 Å². The molecule has 1 amide bonds. The Morgan fingerprint density at radius 3 is 2.84 bits per heavy atom. The summed E-state index contributed by atoms with van der Waals surface area (Å²) in [5.41, 5.74) is 5.15. The molecule has 1 atom stereocenters. The standard InChI is InChI=1S/C19H18FN7O4/c1-26-24-18(23-25-26)16-5-2-11(8-22-16)14-4-3-12(6-15(14)20)27-9-13(31-19(27)29)10-30-17(28)7-21/h2-6,8,13H,7,9-10,21H2,1H3/p+1. The molecule has 2 aromatic heterocycles. The van der Waals surface area contributed by atoms with Gasteiger partial charge in [-0.05, 0) is 29.5 Å². The fraction of sp³-hybridized carbons (Fsp3) is 0.263. The number of anilines is 1. The maximum absolute atomic E-state index is 14.8. The van der Waals surface area contributed by atoms with Crippen molar-refractivity contribution >= 4 is 17.7 Å². The number of quaternary nitrogens is 1. The van der Waals surface area contributed by atoms with Crippen molar-refractivity contribution in [1.82, 2.24) is 25.2 Å². The number of hydrogen-bond donors (Lipinski definition) is 1. The summed E-state index contributed by atoms with van der Waals surface area (Å²) in [7, 11) is 1.65. The highest BCUT2D eigenvalue weighted by molar-refractivity contribution is 5.90. The first-order valence-corrected chi connectivity index (χ1v) is 9.38. The summed E-state index contributed by atoms with van der Waals surface area (Å²) in [5.74, 6) is -0.642. The van der Waals surface area contributed by atoms with Crippen LogP contribution in [0.5, 0.6) is 0 Å². The van der Waals surface area contributed by atoms with E-state index in [4.69, 9.17) is 9.47 Å². The number of nitrogens with zero attached hydrogens (tertiary/aromatic N) is 6. The summed E-state index contributed by atoms with van der Waals surface area (Å²) < 4.78 is 24.9. The van der Waals surface area contributed by atoms with E-state index in [1.807, 2.05) is 0 Å². The Morgan fingerprint density at radius 1 is 1.35 bits per heavy atom. The number of aromatic nitrogens is 5.